The summed E-state index contributed by atoms with van der Waals surface area (Å²) in [5.41, 5.74) is 0.782. The molecule has 2 aromatic carbocycles. The van der Waals surface area contributed by atoms with E-state index in [0.717, 1.165) is 23.8 Å². The largest absolute Gasteiger partial charge is 0.504 e. The van der Waals surface area contributed by atoms with Crippen molar-refractivity contribution < 1.29 is 28.5 Å². The minimum Gasteiger partial charge on any atom is -0.504 e. The zero-order chi connectivity index (χ0) is 17.7. The second kappa shape index (κ2) is 7.74. The highest BCUT2D eigenvalue weighted by molar-refractivity contribution is 5.81. The van der Waals surface area contributed by atoms with Crippen LogP contribution in [-0.4, -0.2) is 29.8 Å². The van der Waals surface area contributed by atoms with Gasteiger partial charge in [-0.15, -0.1) is 0 Å². The second-order valence-corrected chi connectivity index (χ2v) is 5.12. The highest BCUT2D eigenvalue weighted by Gasteiger charge is 2.18. The summed E-state index contributed by atoms with van der Waals surface area (Å²) in [6.45, 7) is 0.216. The van der Waals surface area contributed by atoms with Crippen LogP contribution in [-0.2, 0) is 11.2 Å². The van der Waals surface area contributed by atoms with Crippen molar-refractivity contribution in [2.24, 2.45) is 0 Å². The van der Waals surface area contributed by atoms with Crippen LogP contribution >= 0.6 is 0 Å². The van der Waals surface area contributed by atoms with E-state index in [2.05, 4.69) is 5.32 Å². The molecule has 2 aromatic rings. The number of carbonyl (C=O) groups is 1. The van der Waals surface area contributed by atoms with Gasteiger partial charge in [0.1, 0.15) is 0 Å². The number of phenolic OH excluding ortho intramolecular Hbond substituents is 1. The molecule has 0 aliphatic rings. The van der Waals surface area contributed by atoms with Gasteiger partial charge in [-0.3, -0.25) is 4.79 Å². The van der Waals surface area contributed by atoms with E-state index < -0.39 is 23.6 Å². The Labute approximate surface area is 137 Å². The number of phenols is 1. The molecule has 0 bridgehead atoms. The van der Waals surface area contributed by atoms with Crippen LogP contribution in [0.2, 0.25) is 0 Å². The standard InChI is InChI=1S/C17H17F2NO4/c1-24-15-8-10(2-5-14(15)21)6-7-20-17(23)16(22)11-3-4-12(18)13(19)9-11/h2-5,8-9,16,21-22H,6-7H2,1H3,(H,20,23)/t16-/m0/s1. The predicted molar refractivity (Wildman–Crippen MR) is 82.7 cm³/mol. The molecule has 0 aromatic heterocycles. The number of hydrogen-bond acceptors (Lipinski definition) is 4. The van der Waals surface area contributed by atoms with Crippen LogP contribution in [0.5, 0.6) is 11.5 Å². The molecule has 2 rings (SSSR count). The minimum atomic E-state index is -1.59. The minimum absolute atomic E-state index is 0.0130. The number of hydrogen-bond donors (Lipinski definition) is 3. The van der Waals surface area contributed by atoms with Gasteiger partial charge >= 0.3 is 0 Å². The Morgan fingerprint density at radius 1 is 1.21 bits per heavy atom. The third kappa shape index (κ3) is 4.20. The first kappa shape index (κ1) is 17.7. The fourth-order valence-electron chi connectivity index (χ4n) is 2.14. The second-order valence-electron chi connectivity index (χ2n) is 5.12. The maximum Gasteiger partial charge on any atom is 0.253 e. The van der Waals surface area contributed by atoms with Gasteiger partial charge in [-0.25, -0.2) is 8.78 Å². The number of halogens is 2. The van der Waals surface area contributed by atoms with Crippen LogP contribution < -0.4 is 10.1 Å². The van der Waals surface area contributed by atoms with Gasteiger partial charge in [0.05, 0.1) is 7.11 Å². The molecular weight excluding hydrogens is 320 g/mol. The van der Waals surface area contributed by atoms with E-state index in [1.165, 1.54) is 13.2 Å². The highest BCUT2D eigenvalue weighted by atomic mass is 19.2. The van der Waals surface area contributed by atoms with Gasteiger partial charge < -0.3 is 20.3 Å². The van der Waals surface area contributed by atoms with Crippen LogP contribution in [0.4, 0.5) is 8.78 Å². The molecular formula is C17H17F2NO4. The fourth-order valence-corrected chi connectivity index (χ4v) is 2.14. The molecule has 5 nitrogen and oxygen atoms in total. The van der Waals surface area contributed by atoms with Crippen molar-refractivity contribution in [1.82, 2.24) is 5.32 Å². The molecule has 24 heavy (non-hydrogen) atoms. The smallest absolute Gasteiger partial charge is 0.253 e. The first-order valence-corrected chi connectivity index (χ1v) is 7.19. The molecule has 128 valence electrons. The van der Waals surface area contributed by atoms with Crippen molar-refractivity contribution in [1.29, 1.82) is 0 Å². The lowest BCUT2D eigenvalue weighted by Crippen LogP contribution is -2.31. The van der Waals surface area contributed by atoms with Crippen LogP contribution in [0.15, 0.2) is 36.4 Å². The van der Waals surface area contributed by atoms with Crippen molar-refractivity contribution in [3.63, 3.8) is 0 Å². The number of nitrogens with one attached hydrogen (secondary N) is 1. The Hall–Kier alpha value is -2.67. The average Bonchev–Trinajstić information content (AvgIpc) is 2.58. The Balaban J connectivity index is 1.91. The number of methoxy groups -OCH3 is 1. The van der Waals surface area contributed by atoms with Crippen molar-refractivity contribution in [3.8, 4) is 11.5 Å². The van der Waals surface area contributed by atoms with Crippen molar-refractivity contribution in [2.45, 2.75) is 12.5 Å². The van der Waals surface area contributed by atoms with Gasteiger partial charge in [-0.05, 0) is 41.8 Å². The SMILES string of the molecule is COc1cc(CCNC(=O)[C@@H](O)c2ccc(F)c(F)c2)ccc1O. The average molecular weight is 337 g/mol. The van der Waals surface area contributed by atoms with E-state index in [0.29, 0.717) is 12.2 Å². The molecule has 0 saturated carbocycles. The third-order valence-electron chi connectivity index (χ3n) is 3.46. The van der Waals surface area contributed by atoms with E-state index in [4.69, 9.17) is 4.74 Å². The number of carbonyl (C=O) groups excluding carboxylic acids is 1. The van der Waals surface area contributed by atoms with Crippen LogP contribution in [0, 0.1) is 11.6 Å². The third-order valence-corrected chi connectivity index (χ3v) is 3.46. The number of rotatable bonds is 6. The Kier molecular flexibility index (Phi) is 5.70. The van der Waals surface area contributed by atoms with Gasteiger partial charge in [0.15, 0.2) is 29.2 Å². The number of aliphatic hydroxyl groups is 1. The highest BCUT2D eigenvalue weighted by Crippen LogP contribution is 2.26. The molecule has 0 radical (unpaired) electrons. The predicted octanol–water partition coefficient (Wildman–Crippen LogP) is 2.07. The van der Waals surface area contributed by atoms with Crippen LogP contribution in [0.1, 0.15) is 17.2 Å². The lowest BCUT2D eigenvalue weighted by atomic mass is 10.1. The summed E-state index contributed by atoms with van der Waals surface area (Å²) < 4.78 is 31.0. The van der Waals surface area contributed by atoms with E-state index in [9.17, 15) is 23.8 Å². The maximum atomic E-state index is 13.1. The molecule has 3 N–H and O–H groups in total. The van der Waals surface area contributed by atoms with Gasteiger partial charge in [-0.2, -0.15) is 0 Å². The van der Waals surface area contributed by atoms with Crippen molar-refractivity contribution in [3.05, 3.63) is 59.2 Å². The lowest BCUT2D eigenvalue weighted by molar-refractivity contribution is -0.129. The zero-order valence-electron chi connectivity index (χ0n) is 12.9. The Bertz CT molecular complexity index is 737. The van der Waals surface area contributed by atoms with Crippen LogP contribution in [0.3, 0.4) is 0 Å². The Morgan fingerprint density at radius 2 is 1.96 bits per heavy atom. The summed E-state index contributed by atoms with van der Waals surface area (Å²) in [5.74, 6) is -2.56. The number of aromatic hydroxyl groups is 1. The fraction of sp³-hybridized carbons (Fsp3) is 0.235. The van der Waals surface area contributed by atoms with Crippen molar-refractivity contribution >= 4 is 5.91 Å². The summed E-state index contributed by atoms with van der Waals surface area (Å²) in [4.78, 5) is 11.9. The summed E-state index contributed by atoms with van der Waals surface area (Å²) in [6.07, 6.45) is -1.15. The first-order valence-electron chi connectivity index (χ1n) is 7.19. The van der Waals surface area contributed by atoms with E-state index in [-0.39, 0.29) is 17.9 Å². The number of amides is 1. The molecule has 0 fully saturated rings. The topological polar surface area (TPSA) is 78.8 Å². The monoisotopic (exact) mass is 337 g/mol. The molecule has 0 spiro atoms. The number of benzene rings is 2. The zero-order valence-corrected chi connectivity index (χ0v) is 12.9. The molecule has 1 amide bonds. The molecule has 0 saturated heterocycles. The summed E-state index contributed by atoms with van der Waals surface area (Å²) in [5, 5.41) is 21.9. The lowest BCUT2D eigenvalue weighted by Gasteiger charge is -2.12. The van der Waals surface area contributed by atoms with E-state index in [1.54, 1.807) is 12.1 Å². The van der Waals surface area contributed by atoms with Crippen LogP contribution in [0.25, 0.3) is 0 Å². The molecule has 0 aliphatic heterocycles. The van der Waals surface area contributed by atoms with Gasteiger partial charge in [0, 0.05) is 6.54 Å². The summed E-state index contributed by atoms with van der Waals surface area (Å²) in [7, 11) is 1.43. The van der Waals surface area contributed by atoms with Gasteiger partial charge in [-0.1, -0.05) is 12.1 Å². The quantitative estimate of drug-likeness (QED) is 0.754. The first-order chi connectivity index (χ1) is 11.4. The molecule has 0 heterocycles. The normalized spacial score (nSPS) is 11.8. The van der Waals surface area contributed by atoms with E-state index >= 15 is 0 Å². The molecule has 0 aliphatic carbocycles. The van der Waals surface area contributed by atoms with Gasteiger partial charge in [0.2, 0.25) is 0 Å². The number of aliphatic hydroxyl groups excluding tert-OH is 1. The summed E-state index contributed by atoms with van der Waals surface area (Å²) in [6, 6.07) is 7.57. The molecule has 1 atom stereocenters. The van der Waals surface area contributed by atoms with E-state index in [1.807, 2.05) is 0 Å². The molecule has 0 unspecified atom stereocenters. The Morgan fingerprint density at radius 3 is 2.62 bits per heavy atom. The number of ether oxygens (including phenoxy) is 1. The maximum absolute atomic E-state index is 13.1. The van der Waals surface area contributed by atoms with Gasteiger partial charge in [0.25, 0.3) is 5.91 Å². The summed E-state index contributed by atoms with van der Waals surface area (Å²) >= 11 is 0. The van der Waals surface area contributed by atoms with Crippen molar-refractivity contribution in [2.75, 3.05) is 13.7 Å². The molecule has 7 heteroatoms.